The molecule has 0 aromatic rings. The average Bonchev–Trinajstić information content (AvgIpc) is 2.31. The highest BCUT2D eigenvalue weighted by Crippen LogP contribution is 2.17. The predicted octanol–water partition coefficient (Wildman–Crippen LogP) is 1.21. The molecule has 0 aliphatic heterocycles. The van der Waals surface area contributed by atoms with Crippen LogP contribution in [0.25, 0.3) is 0 Å². The molecule has 0 bridgehead atoms. The van der Waals surface area contributed by atoms with Crippen molar-refractivity contribution in [3.63, 3.8) is 0 Å². The number of hydrogen-bond donors (Lipinski definition) is 3. The molecule has 0 aliphatic rings. The molecule has 0 unspecified atom stereocenters. The van der Waals surface area contributed by atoms with Gasteiger partial charge in [-0.2, -0.15) is 0 Å². The van der Waals surface area contributed by atoms with Crippen molar-refractivity contribution >= 4 is 11.8 Å². The molecule has 0 rings (SSSR count). The fourth-order valence-corrected chi connectivity index (χ4v) is 1.67. The summed E-state index contributed by atoms with van der Waals surface area (Å²) in [5, 5.41) is 14.5. The Balaban J connectivity index is 3.52. The fraction of sp³-hybridized carbons (Fsp3) is 0.857. The first-order valence-corrected chi connectivity index (χ1v) is 6.99. The van der Waals surface area contributed by atoms with Crippen LogP contribution in [0.2, 0.25) is 0 Å². The number of aliphatic hydroxyl groups is 1. The Morgan fingerprint density at radius 2 is 1.79 bits per heavy atom. The van der Waals surface area contributed by atoms with E-state index in [1.807, 2.05) is 13.8 Å². The Morgan fingerprint density at radius 1 is 1.11 bits per heavy atom. The van der Waals surface area contributed by atoms with Crippen LogP contribution in [0.1, 0.15) is 52.9 Å². The van der Waals surface area contributed by atoms with E-state index in [-0.39, 0.29) is 23.8 Å². The minimum absolute atomic E-state index is 0.0103. The summed E-state index contributed by atoms with van der Waals surface area (Å²) in [6.45, 7) is 6.97. The summed E-state index contributed by atoms with van der Waals surface area (Å²) in [7, 11) is 0. The molecule has 0 fully saturated rings. The third-order valence-electron chi connectivity index (χ3n) is 3.01. The molecule has 5 nitrogen and oxygen atoms in total. The van der Waals surface area contributed by atoms with Crippen LogP contribution in [-0.4, -0.2) is 36.6 Å². The number of amides is 2. The van der Waals surface area contributed by atoms with Crippen molar-refractivity contribution in [3.05, 3.63) is 0 Å². The van der Waals surface area contributed by atoms with Gasteiger partial charge in [0.1, 0.15) is 0 Å². The number of aliphatic hydroxyl groups excluding tert-OH is 1. The molecular weight excluding hydrogens is 244 g/mol. The molecule has 0 saturated heterocycles. The second-order valence-electron chi connectivity index (χ2n) is 5.71. The van der Waals surface area contributed by atoms with Gasteiger partial charge < -0.3 is 15.7 Å². The van der Waals surface area contributed by atoms with Crippen LogP contribution < -0.4 is 10.6 Å². The highest BCUT2D eigenvalue weighted by Gasteiger charge is 2.17. The van der Waals surface area contributed by atoms with Crippen molar-refractivity contribution < 1.29 is 14.7 Å². The van der Waals surface area contributed by atoms with Crippen molar-refractivity contribution in [1.29, 1.82) is 0 Å². The van der Waals surface area contributed by atoms with Crippen LogP contribution in [0.5, 0.6) is 0 Å². The molecule has 0 atom stereocenters. The van der Waals surface area contributed by atoms with Gasteiger partial charge in [0.15, 0.2) is 0 Å². The van der Waals surface area contributed by atoms with E-state index in [2.05, 4.69) is 10.6 Å². The van der Waals surface area contributed by atoms with Gasteiger partial charge in [-0.15, -0.1) is 0 Å². The summed E-state index contributed by atoms with van der Waals surface area (Å²) in [5.74, 6) is 0.0504. The Morgan fingerprint density at radius 3 is 2.37 bits per heavy atom. The minimum Gasteiger partial charge on any atom is -0.396 e. The van der Waals surface area contributed by atoms with E-state index >= 15 is 0 Å². The van der Waals surface area contributed by atoms with E-state index in [4.69, 9.17) is 5.11 Å². The quantitative estimate of drug-likeness (QED) is 0.523. The topological polar surface area (TPSA) is 78.4 Å². The Bertz CT molecular complexity index is 278. The number of unbranched alkanes of at least 4 members (excludes halogenated alkanes) is 2. The lowest BCUT2D eigenvalue weighted by molar-refractivity contribution is -0.122. The van der Waals surface area contributed by atoms with Gasteiger partial charge in [0.2, 0.25) is 11.8 Å². The first-order valence-electron chi connectivity index (χ1n) is 6.99. The second kappa shape index (κ2) is 9.78. The van der Waals surface area contributed by atoms with Gasteiger partial charge in [-0.1, -0.05) is 20.3 Å². The molecule has 112 valence electrons. The third-order valence-corrected chi connectivity index (χ3v) is 3.01. The number of carbonyl (C=O) groups excluding carboxylic acids is 2. The average molecular weight is 272 g/mol. The maximum atomic E-state index is 11.6. The van der Waals surface area contributed by atoms with E-state index in [1.165, 1.54) is 6.92 Å². The summed E-state index contributed by atoms with van der Waals surface area (Å²) in [6, 6.07) is 0. The SMILES string of the molecule is CC(=O)NCCCCCC(=O)NCC(C)(C)CCO. The Kier molecular flexibility index (Phi) is 9.21. The van der Waals surface area contributed by atoms with E-state index < -0.39 is 0 Å². The van der Waals surface area contributed by atoms with Gasteiger partial charge in [-0.3, -0.25) is 9.59 Å². The van der Waals surface area contributed by atoms with Gasteiger partial charge in [0.25, 0.3) is 0 Å². The number of rotatable bonds is 10. The molecule has 0 aromatic carbocycles. The third kappa shape index (κ3) is 11.7. The lowest BCUT2D eigenvalue weighted by atomic mass is 9.90. The lowest BCUT2D eigenvalue weighted by Gasteiger charge is -2.23. The molecule has 3 N–H and O–H groups in total. The zero-order valence-electron chi connectivity index (χ0n) is 12.4. The molecule has 2 amide bonds. The molecule has 0 aliphatic carbocycles. The number of nitrogens with one attached hydrogen (secondary N) is 2. The van der Waals surface area contributed by atoms with Crippen molar-refractivity contribution in [3.8, 4) is 0 Å². The standard InChI is InChI=1S/C14H28N2O3/c1-12(18)15-9-6-4-5-7-13(19)16-11-14(2,3)8-10-17/h17H,4-11H2,1-3H3,(H,15,18)(H,16,19). The molecule has 0 saturated carbocycles. The van der Waals surface area contributed by atoms with Crippen LogP contribution in [0.15, 0.2) is 0 Å². The van der Waals surface area contributed by atoms with Crippen LogP contribution in [-0.2, 0) is 9.59 Å². The molecule has 0 aromatic heterocycles. The Labute approximate surface area is 116 Å². The molecular formula is C14H28N2O3. The summed E-state index contributed by atoms with van der Waals surface area (Å²) in [5.41, 5.74) is -0.0597. The zero-order valence-corrected chi connectivity index (χ0v) is 12.4. The number of hydrogen-bond acceptors (Lipinski definition) is 3. The van der Waals surface area contributed by atoms with E-state index in [0.29, 0.717) is 25.9 Å². The van der Waals surface area contributed by atoms with Crippen molar-refractivity contribution in [2.75, 3.05) is 19.7 Å². The van der Waals surface area contributed by atoms with E-state index in [9.17, 15) is 9.59 Å². The van der Waals surface area contributed by atoms with Gasteiger partial charge in [-0.05, 0) is 24.7 Å². The van der Waals surface area contributed by atoms with Crippen LogP contribution in [0.4, 0.5) is 0 Å². The summed E-state index contributed by atoms with van der Waals surface area (Å²) in [6.07, 6.45) is 3.89. The molecule has 0 heterocycles. The largest absolute Gasteiger partial charge is 0.396 e. The van der Waals surface area contributed by atoms with Crippen molar-refractivity contribution in [2.45, 2.75) is 52.9 Å². The minimum atomic E-state index is -0.0597. The highest BCUT2D eigenvalue weighted by molar-refractivity contribution is 5.75. The smallest absolute Gasteiger partial charge is 0.220 e. The van der Waals surface area contributed by atoms with Crippen LogP contribution >= 0.6 is 0 Å². The van der Waals surface area contributed by atoms with Gasteiger partial charge in [-0.25, -0.2) is 0 Å². The highest BCUT2D eigenvalue weighted by atomic mass is 16.3. The summed E-state index contributed by atoms with van der Waals surface area (Å²) >= 11 is 0. The first-order chi connectivity index (χ1) is 8.87. The van der Waals surface area contributed by atoms with Crippen molar-refractivity contribution in [2.24, 2.45) is 5.41 Å². The maximum absolute atomic E-state index is 11.6. The van der Waals surface area contributed by atoms with Crippen LogP contribution in [0.3, 0.4) is 0 Å². The molecule has 0 spiro atoms. The Hall–Kier alpha value is -1.10. The van der Waals surface area contributed by atoms with Gasteiger partial charge >= 0.3 is 0 Å². The number of carbonyl (C=O) groups is 2. The van der Waals surface area contributed by atoms with Crippen molar-refractivity contribution in [1.82, 2.24) is 10.6 Å². The summed E-state index contributed by atoms with van der Waals surface area (Å²) in [4.78, 5) is 22.2. The normalized spacial score (nSPS) is 11.2. The van der Waals surface area contributed by atoms with Gasteiger partial charge in [0.05, 0.1) is 0 Å². The fourth-order valence-electron chi connectivity index (χ4n) is 1.67. The lowest BCUT2D eigenvalue weighted by Crippen LogP contribution is -2.34. The monoisotopic (exact) mass is 272 g/mol. The summed E-state index contributed by atoms with van der Waals surface area (Å²) < 4.78 is 0. The van der Waals surface area contributed by atoms with E-state index in [0.717, 1.165) is 19.3 Å². The predicted molar refractivity (Wildman–Crippen MR) is 75.6 cm³/mol. The van der Waals surface area contributed by atoms with Crippen LogP contribution in [0, 0.1) is 5.41 Å². The molecule has 5 heteroatoms. The molecule has 0 radical (unpaired) electrons. The van der Waals surface area contributed by atoms with Gasteiger partial charge in [0, 0.05) is 33.0 Å². The first kappa shape index (κ1) is 17.9. The maximum Gasteiger partial charge on any atom is 0.220 e. The molecule has 19 heavy (non-hydrogen) atoms. The second-order valence-corrected chi connectivity index (χ2v) is 5.71. The zero-order chi connectivity index (χ0) is 14.7. The van der Waals surface area contributed by atoms with E-state index in [1.54, 1.807) is 0 Å².